The van der Waals surface area contributed by atoms with Crippen molar-refractivity contribution in [1.29, 1.82) is 0 Å². The van der Waals surface area contributed by atoms with Crippen LogP contribution in [0.2, 0.25) is 0 Å². The lowest BCUT2D eigenvalue weighted by molar-refractivity contribution is -0.128. The van der Waals surface area contributed by atoms with Crippen molar-refractivity contribution in [3.63, 3.8) is 0 Å². The van der Waals surface area contributed by atoms with Crippen molar-refractivity contribution in [3.8, 4) is 0 Å². The third kappa shape index (κ3) is 1.65. The van der Waals surface area contributed by atoms with Gasteiger partial charge in [0.15, 0.2) is 0 Å². The zero-order valence-corrected chi connectivity index (χ0v) is 8.70. The van der Waals surface area contributed by atoms with Crippen molar-refractivity contribution >= 4 is 5.91 Å². The minimum Gasteiger partial charge on any atom is -0.393 e. The first-order chi connectivity index (χ1) is 6.72. The maximum absolute atomic E-state index is 11.7. The Labute approximate surface area is 84.9 Å². The number of carbonyl (C=O) groups excluding carboxylic acids is 1. The lowest BCUT2D eigenvalue weighted by atomic mass is 9.86. The number of nitrogens with one attached hydrogen (secondary N) is 1. The topological polar surface area (TPSA) is 49.3 Å². The normalized spacial score (nSPS) is 40.1. The molecule has 80 valence electrons. The molecule has 0 aliphatic heterocycles. The molecule has 2 aliphatic carbocycles. The summed E-state index contributed by atoms with van der Waals surface area (Å²) in [5.41, 5.74) is 0. The van der Waals surface area contributed by atoms with Crippen LogP contribution in [0, 0.1) is 17.8 Å². The van der Waals surface area contributed by atoms with E-state index in [1.807, 2.05) is 0 Å². The Bertz CT molecular complexity index is 229. The molecule has 4 atom stereocenters. The number of hydrogen-bond donors (Lipinski definition) is 2. The van der Waals surface area contributed by atoms with Crippen LogP contribution in [0.25, 0.3) is 0 Å². The summed E-state index contributed by atoms with van der Waals surface area (Å²) in [6, 6.07) is 0. The van der Waals surface area contributed by atoms with E-state index < -0.39 is 0 Å². The molecular formula is C11H19NO2. The molecule has 0 heterocycles. The Morgan fingerprint density at radius 3 is 2.79 bits per heavy atom. The van der Waals surface area contributed by atoms with Crippen molar-refractivity contribution in [1.82, 2.24) is 5.32 Å². The fraction of sp³-hybridized carbons (Fsp3) is 0.909. The summed E-state index contributed by atoms with van der Waals surface area (Å²) in [6.07, 6.45) is 3.74. The third-order valence-electron chi connectivity index (χ3n) is 3.66. The van der Waals surface area contributed by atoms with Gasteiger partial charge in [0, 0.05) is 12.5 Å². The Morgan fingerprint density at radius 2 is 2.21 bits per heavy atom. The summed E-state index contributed by atoms with van der Waals surface area (Å²) in [6.45, 7) is 2.82. The van der Waals surface area contributed by atoms with Gasteiger partial charge in [-0.25, -0.2) is 0 Å². The number of rotatable bonds is 3. The number of hydrogen-bond acceptors (Lipinski definition) is 2. The lowest BCUT2D eigenvalue weighted by Crippen LogP contribution is -2.38. The molecule has 2 N–H and O–H groups in total. The molecule has 0 aromatic heterocycles. The summed E-state index contributed by atoms with van der Waals surface area (Å²) in [5.74, 6) is 1.11. The average Bonchev–Trinajstić information content (AvgIpc) is 2.72. The Hall–Kier alpha value is -0.570. The minimum atomic E-state index is -0.217. The molecule has 0 saturated heterocycles. The highest BCUT2D eigenvalue weighted by Crippen LogP contribution is 2.48. The van der Waals surface area contributed by atoms with E-state index in [0.717, 1.165) is 32.2 Å². The van der Waals surface area contributed by atoms with E-state index in [-0.39, 0.29) is 23.8 Å². The van der Waals surface area contributed by atoms with Gasteiger partial charge >= 0.3 is 0 Å². The fourth-order valence-corrected chi connectivity index (χ4v) is 2.99. The highest BCUT2D eigenvalue weighted by molar-refractivity contribution is 5.79. The lowest BCUT2D eigenvalue weighted by Gasteiger charge is -2.25. The zero-order valence-electron chi connectivity index (χ0n) is 8.70. The first-order valence-electron chi connectivity index (χ1n) is 5.68. The van der Waals surface area contributed by atoms with Crippen molar-refractivity contribution in [2.24, 2.45) is 17.8 Å². The van der Waals surface area contributed by atoms with E-state index in [1.165, 1.54) is 0 Å². The Morgan fingerprint density at radius 1 is 1.43 bits per heavy atom. The van der Waals surface area contributed by atoms with Crippen molar-refractivity contribution in [2.45, 2.75) is 38.7 Å². The molecular weight excluding hydrogens is 178 g/mol. The maximum Gasteiger partial charge on any atom is 0.223 e. The summed E-state index contributed by atoms with van der Waals surface area (Å²) in [7, 11) is 0. The average molecular weight is 197 g/mol. The smallest absolute Gasteiger partial charge is 0.223 e. The molecule has 1 amide bonds. The monoisotopic (exact) mass is 197 g/mol. The number of fused-ring (bicyclic) bond motifs is 2. The van der Waals surface area contributed by atoms with Crippen LogP contribution in [0.5, 0.6) is 0 Å². The molecule has 2 aliphatic rings. The van der Waals surface area contributed by atoms with Crippen LogP contribution in [0.1, 0.15) is 32.6 Å². The van der Waals surface area contributed by atoms with E-state index in [1.54, 1.807) is 0 Å². The van der Waals surface area contributed by atoms with Gasteiger partial charge in [0.2, 0.25) is 5.91 Å². The third-order valence-corrected chi connectivity index (χ3v) is 3.66. The first-order valence-corrected chi connectivity index (χ1v) is 5.68. The van der Waals surface area contributed by atoms with E-state index in [2.05, 4.69) is 12.2 Å². The van der Waals surface area contributed by atoms with Gasteiger partial charge in [0.1, 0.15) is 0 Å². The van der Waals surface area contributed by atoms with E-state index in [0.29, 0.717) is 5.92 Å². The maximum atomic E-state index is 11.7. The molecule has 0 aromatic carbocycles. The molecule has 0 aromatic rings. The second-order valence-electron chi connectivity index (χ2n) is 4.70. The second kappa shape index (κ2) is 3.89. The van der Waals surface area contributed by atoms with Gasteiger partial charge < -0.3 is 10.4 Å². The highest BCUT2D eigenvalue weighted by atomic mass is 16.3. The fourth-order valence-electron chi connectivity index (χ4n) is 2.99. The highest BCUT2D eigenvalue weighted by Gasteiger charge is 2.48. The number of carbonyl (C=O) groups is 1. The molecule has 0 radical (unpaired) electrons. The molecule has 0 unspecified atom stereocenters. The molecule has 2 saturated carbocycles. The van der Waals surface area contributed by atoms with Crippen molar-refractivity contribution in [3.05, 3.63) is 0 Å². The van der Waals surface area contributed by atoms with Crippen LogP contribution in [0.4, 0.5) is 0 Å². The van der Waals surface area contributed by atoms with Crippen LogP contribution in [-0.4, -0.2) is 23.7 Å². The standard InChI is InChI=1S/C11H19NO2/c1-2-3-12-11(14)9-5-7-4-8(9)10(13)6-7/h7-10,13H,2-6H2,1H3,(H,12,14)/t7-,8+,9-,10+/m0/s1. The quantitative estimate of drug-likeness (QED) is 0.707. The van der Waals surface area contributed by atoms with E-state index in [9.17, 15) is 9.90 Å². The molecule has 2 rings (SSSR count). The Kier molecular flexibility index (Phi) is 2.77. The van der Waals surface area contributed by atoms with E-state index in [4.69, 9.17) is 0 Å². The van der Waals surface area contributed by atoms with Gasteiger partial charge in [-0.3, -0.25) is 4.79 Å². The molecule has 2 bridgehead atoms. The SMILES string of the molecule is CCCNC(=O)[C@H]1C[C@@H]2C[C@H]1[C@H](O)C2. The number of amides is 1. The summed E-state index contributed by atoms with van der Waals surface area (Å²) >= 11 is 0. The Balaban J connectivity index is 1.90. The first kappa shape index (κ1) is 9.97. The van der Waals surface area contributed by atoms with Crippen LogP contribution in [0.15, 0.2) is 0 Å². The van der Waals surface area contributed by atoms with E-state index >= 15 is 0 Å². The van der Waals surface area contributed by atoms with Crippen LogP contribution in [0.3, 0.4) is 0 Å². The second-order valence-corrected chi connectivity index (χ2v) is 4.70. The zero-order chi connectivity index (χ0) is 10.1. The summed E-state index contributed by atoms with van der Waals surface area (Å²) < 4.78 is 0. The predicted molar refractivity (Wildman–Crippen MR) is 53.6 cm³/mol. The molecule has 3 nitrogen and oxygen atoms in total. The summed E-state index contributed by atoms with van der Waals surface area (Å²) in [5, 5.41) is 12.6. The van der Waals surface area contributed by atoms with Gasteiger partial charge in [-0.05, 0) is 37.5 Å². The van der Waals surface area contributed by atoms with Crippen LogP contribution in [-0.2, 0) is 4.79 Å². The van der Waals surface area contributed by atoms with Crippen LogP contribution >= 0.6 is 0 Å². The van der Waals surface area contributed by atoms with Gasteiger partial charge in [0.25, 0.3) is 0 Å². The van der Waals surface area contributed by atoms with Gasteiger partial charge in [-0.15, -0.1) is 0 Å². The summed E-state index contributed by atoms with van der Waals surface area (Å²) in [4.78, 5) is 11.7. The van der Waals surface area contributed by atoms with Crippen LogP contribution < -0.4 is 5.32 Å². The number of aliphatic hydroxyl groups excluding tert-OH is 1. The van der Waals surface area contributed by atoms with Crippen molar-refractivity contribution in [2.75, 3.05) is 6.54 Å². The largest absolute Gasteiger partial charge is 0.393 e. The van der Waals surface area contributed by atoms with Gasteiger partial charge in [0.05, 0.1) is 6.10 Å². The molecule has 14 heavy (non-hydrogen) atoms. The van der Waals surface area contributed by atoms with Gasteiger partial charge in [-0.1, -0.05) is 6.92 Å². The van der Waals surface area contributed by atoms with Crippen molar-refractivity contribution < 1.29 is 9.90 Å². The molecule has 3 heteroatoms. The predicted octanol–water partition coefficient (Wildman–Crippen LogP) is 0.920. The molecule has 2 fully saturated rings. The minimum absolute atomic E-state index is 0.0929. The number of aliphatic hydroxyl groups is 1. The molecule has 0 spiro atoms. The van der Waals surface area contributed by atoms with Gasteiger partial charge in [-0.2, -0.15) is 0 Å².